The molecule has 1 fully saturated rings. The Morgan fingerprint density at radius 3 is 2.67 bits per heavy atom. The Morgan fingerprint density at radius 1 is 1.27 bits per heavy atom. The van der Waals surface area contributed by atoms with E-state index in [1.165, 1.54) is 23.2 Å². The van der Waals surface area contributed by atoms with Crippen molar-refractivity contribution in [3.63, 3.8) is 0 Å². The van der Waals surface area contributed by atoms with Crippen molar-refractivity contribution in [1.82, 2.24) is 5.32 Å². The van der Waals surface area contributed by atoms with Gasteiger partial charge in [0.1, 0.15) is 0 Å². The van der Waals surface area contributed by atoms with Gasteiger partial charge in [-0.25, -0.2) is 0 Å². The lowest BCUT2D eigenvalue weighted by Crippen LogP contribution is -2.33. The summed E-state index contributed by atoms with van der Waals surface area (Å²) < 4.78 is 0. The number of hydrogen-bond acceptors (Lipinski definition) is 2. The molecule has 15 heavy (non-hydrogen) atoms. The second-order valence-electron chi connectivity index (χ2n) is 4.53. The van der Waals surface area contributed by atoms with Crippen LogP contribution in [0.5, 0.6) is 0 Å². The van der Waals surface area contributed by atoms with Crippen molar-refractivity contribution in [2.24, 2.45) is 0 Å². The summed E-state index contributed by atoms with van der Waals surface area (Å²) >= 11 is 0. The molecular formula is C13H20N2. The maximum Gasteiger partial charge on any atom is 0.0423 e. The predicted octanol–water partition coefficient (Wildman–Crippen LogP) is 2.10. The molecule has 1 heterocycles. The van der Waals surface area contributed by atoms with Crippen LogP contribution < -0.4 is 10.2 Å². The Hall–Kier alpha value is -1.02. The molecule has 1 unspecified atom stereocenters. The van der Waals surface area contributed by atoms with Crippen molar-refractivity contribution in [3.05, 3.63) is 29.3 Å². The number of nitrogens with zero attached hydrogens (tertiary/aromatic N) is 1. The lowest BCUT2D eigenvalue weighted by atomic mass is 10.1. The van der Waals surface area contributed by atoms with Crippen molar-refractivity contribution in [2.45, 2.75) is 26.3 Å². The Balaban J connectivity index is 2.17. The van der Waals surface area contributed by atoms with Crippen LogP contribution in [0.15, 0.2) is 18.2 Å². The average Bonchev–Trinajstić information content (AvgIpc) is 2.74. The number of nitrogens with one attached hydrogen (secondary N) is 1. The average molecular weight is 204 g/mol. The standard InChI is InChI=1S/C13H20N2/c1-10-4-5-12(8-11(10)2)15(3)13-6-7-14-9-13/h4-5,8,13-14H,6-7,9H2,1-3H3. The summed E-state index contributed by atoms with van der Waals surface area (Å²) in [6.45, 7) is 6.61. The third kappa shape index (κ3) is 2.15. The fourth-order valence-corrected chi connectivity index (χ4v) is 2.13. The van der Waals surface area contributed by atoms with Gasteiger partial charge in [0.25, 0.3) is 0 Å². The van der Waals surface area contributed by atoms with E-state index < -0.39 is 0 Å². The number of hydrogen-bond donors (Lipinski definition) is 1. The van der Waals surface area contributed by atoms with Crippen LogP contribution in [-0.4, -0.2) is 26.2 Å². The molecule has 0 spiro atoms. The van der Waals surface area contributed by atoms with Gasteiger partial charge in [-0.15, -0.1) is 0 Å². The fraction of sp³-hybridized carbons (Fsp3) is 0.538. The van der Waals surface area contributed by atoms with Gasteiger partial charge < -0.3 is 10.2 Å². The predicted molar refractivity (Wildman–Crippen MR) is 65.6 cm³/mol. The quantitative estimate of drug-likeness (QED) is 0.793. The summed E-state index contributed by atoms with van der Waals surface area (Å²) in [4.78, 5) is 2.40. The molecule has 1 saturated heterocycles. The molecule has 1 aromatic carbocycles. The van der Waals surface area contributed by atoms with Gasteiger partial charge in [0, 0.05) is 25.3 Å². The molecule has 0 aliphatic carbocycles. The van der Waals surface area contributed by atoms with E-state index in [4.69, 9.17) is 0 Å². The Labute approximate surface area is 92.3 Å². The molecular weight excluding hydrogens is 184 g/mol. The number of rotatable bonds is 2. The molecule has 1 N–H and O–H groups in total. The minimum atomic E-state index is 0.659. The highest BCUT2D eigenvalue weighted by Crippen LogP contribution is 2.21. The summed E-state index contributed by atoms with van der Waals surface area (Å²) in [5, 5.41) is 3.41. The van der Waals surface area contributed by atoms with Crippen LogP contribution >= 0.6 is 0 Å². The molecule has 0 aromatic heterocycles. The summed E-state index contributed by atoms with van der Waals surface area (Å²) in [5.74, 6) is 0. The summed E-state index contributed by atoms with van der Waals surface area (Å²) in [7, 11) is 2.20. The highest BCUT2D eigenvalue weighted by Gasteiger charge is 2.19. The molecule has 0 bridgehead atoms. The van der Waals surface area contributed by atoms with Gasteiger partial charge in [0.05, 0.1) is 0 Å². The topological polar surface area (TPSA) is 15.3 Å². The van der Waals surface area contributed by atoms with Crippen molar-refractivity contribution in [1.29, 1.82) is 0 Å². The fourth-order valence-electron chi connectivity index (χ4n) is 2.13. The van der Waals surface area contributed by atoms with Crippen molar-refractivity contribution < 1.29 is 0 Å². The first kappa shape index (κ1) is 10.5. The number of anilines is 1. The van der Waals surface area contributed by atoms with E-state index in [0.717, 1.165) is 13.1 Å². The van der Waals surface area contributed by atoms with E-state index in [1.54, 1.807) is 0 Å². The van der Waals surface area contributed by atoms with Crippen molar-refractivity contribution >= 4 is 5.69 Å². The minimum Gasteiger partial charge on any atom is -0.370 e. The molecule has 0 saturated carbocycles. The number of aryl methyl sites for hydroxylation is 2. The van der Waals surface area contributed by atoms with Crippen LogP contribution in [0.25, 0.3) is 0 Å². The zero-order valence-corrected chi connectivity index (χ0v) is 9.88. The second kappa shape index (κ2) is 4.23. The number of benzene rings is 1. The van der Waals surface area contributed by atoms with Gasteiger partial charge in [-0.1, -0.05) is 6.07 Å². The van der Waals surface area contributed by atoms with E-state index in [9.17, 15) is 0 Å². The molecule has 1 aliphatic rings. The molecule has 2 rings (SSSR count). The molecule has 1 atom stereocenters. The molecule has 2 heteroatoms. The van der Waals surface area contributed by atoms with Crippen LogP contribution in [0.4, 0.5) is 5.69 Å². The van der Waals surface area contributed by atoms with Crippen LogP contribution in [0.3, 0.4) is 0 Å². The van der Waals surface area contributed by atoms with Gasteiger partial charge in [-0.05, 0) is 50.1 Å². The van der Waals surface area contributed by atoms with Gasteiger partial charge >= 0.3 is 0 Å². The number of likely N-dealkylation sites (N-methyl/N-ethyl adjacent to an activating group) is 1. The molecule has 1 aromatic rings. The minimum absolute atomic E-state index is 0.659. The van der Waals surface area contributed by atoms with Crippen LogP contribution in [-0.2, 0) is 0 Å². The van der Waals surface area contributed by atoms with Crippen LogP contribution in [0.1, 0.15) is 17.5 Å². The van der Waals surface area contributed by atoms with Crippen molar-refractivity contribution in [3.8, 4) is 0 Å². The largest absolute Gasteiger partial charge is 0.370 e. The lowest BCUT2D eigenvalue weighted by Gasteiger charge is -2.26. The van der Waals surface area contributed by atoms with E-state index in [0.29, 0.717) is 6.04 Å². The molecule has 0 radical (unpaired) electrons. The lowest BCUT2D eigenvalue weighted by molar-refractivity contribution is 0.685. The Morgan fingerprint density at radius 2 is 2.07 bits per heavy atom. The third-order valence-corrected chi connectivity index (χ3v) is 3.48. The van der Waals surface area contributed by atoms with Gasteiger partial charge in [-0.2, -0.15) is 0 Å². The summed E-state index contributed by atoms with van der Waals surface area (Å²) in [6, 6.07) is 7.38. The first-order valence-electron chi connectivity index (χ1n) is 5.69. The summed E-state index contributed by atoms with van der Waals surface area (Å²) in [5.41, 5.74) is 4.09. The Bertz CT molecular complexity index is 340. The first-order chi connectivity index (χ1) is 7.18. The smallest absolute Gasteiger partial charge is 0.0423 e. The molecule has 82 valence electrons. The van der Waals surface area contributed by atoms with Crippen LogP contribution in [0.2, 0.25) is 0 Å². The molecule has 1 aliphatic heterocycles. The van der Waals surface area contributed by atoms with Crippen molar-refractivity contribution in [2.75, 3.05) is 25.0 Å². The SMILES string of the molecule is Cc1ccc(N(C)C2CCNC2)cc1C. The van der Waals surface area contributed by atoms with Crippen LogP contribution in [0, 0.1) is 13.8 Å². The maximum atomic E-state index is 3.41. The zero-order valence-electron chi connectivity index (χ0n) is 9.88. The zero-order chi connectivity index (χ0) is 10.8. The third-order valence-electron chi connectivity index (χ3n) is 3.48. The maximum absolute atomic E-state index is 3.41. The Kier molecular flexibility index (Phi) is 2.96. The monoisotopic (exact) mass is 204 g/mol. The highest BCUT2D eigenvalue weighted by molar-refractivity contribution is 5.51. The van der Waals surface area contributed by atoms with Gasteiger partial charge in [0.15, 0.2) is 0 Å². The normalized spacial score (nSPS) is 20.6. The molecule has 2 nitrogen and oxygen atoms in total. The first-order valence-corrected chi connectivity index (χ1v) is 5.69. The van der Waals surface area contributed by atoms with E-state index in [-0.39, 0.29) is 0 Å². The van der Waals surface area contributed by atoms with Gasteiger partial charge in [0.2, 0.25) is 0 Å². The molecule has 0 amide bonds. The summed E-state index contributed by atoms with van der Waals surface area (Å²) in [6.07, 6.45) is 1.25. The van der Waals surface area contributed by atoms with Gasteiger partial charge in [-0.3, -0.25) is 0 Å². The van der Waals surface area contributed by atoms with E-state index in [1.807, 2.05) is 0 Å². The van der Waals surface area contributed by atoms with E-state index >= 15 is 0 Å². The highest BCUT2D eigenvalue weighted by atomic mass is 15.2. The second-order valence-corrected chi connectivity index (χ2v) is 4.53. The van der Waals surface area contributed by atoms with E-state index in [2.05, 4.69) is 49.3 Å².